The van der Waals surface area contributed by atoms with Crippen LogP contribution in [0.2, 0.25) is 0 Å². The second-order valence-electron chi connectivity index (χ2n) is 56.3. The molecule has 16 aliphatic rings. The molecule has 12 atom stereocenters. The van der Waals surface area contributed by atoms with Crippen molar-refractivity contribution in [1.82, 2.24) is 19.6 Å². The predicted molar refractivity (Wildman–Crippen MR) is 600 cm³/mol. The normalized spacial score (nSPS) is 40.9. The minimum absolute atomic E-state index is 0.303. The van der Waals surface area contributed by atoms with Gasteiger partial charge in [-0.3, -0.25) is 29.2 Å². The van der Waals surface area contributed by atoms with Crippen molar-refractivity contribution in [1.29, 1.82) is 0 Å². The molecule has 0 N–H and O–H groups in total. The molecule has 16 rings (SSSR count). The molecule has 0 amide bonds. The van der Waals surface area contributed by atoms with Crippen LogP contribution in [0.5, 0.6) is 0 Å². The van der Waals surface area contributed by atoms with E-state index in [-0.39, 0.29) is 0 Å². The Balaban J connectivity index is 0.872. The van der Waals surface area contributed by atoms with E-state index in [1.165, 1.54) is 552 Å². The van der Waals surface area contributed by atoms with Crippen LogP contribution in [0.4, 0.5) is 0 Å². The van der Waals surface area contributed by atoms with Gasteiger partial charge in [0, 0.05) is 96.2 Å². The van der Waals surface area contributed by atoms with E-state index >= 15 is 9.59 Å². The smallest absolute Gasteiger partial charge is 0.139 e. The molecule has 16 saturated carbocycles. The molecule has 0 aromatic heterocycles. The Morgan fingerprint density at radius 3 is 0.593 bits per heavy atom. The monoisotopic (exact) mass is 1940 g/mol. The maximum Gasteiger partial charge on any atom is 0.139 e. The van der Waals surface area contributed by atoms with Crippen molar-refractivity contribution in [3.05, 3.63) is 0 Å². The summed E-state index contributed by atoms with van der Waals surface area (Å²) in [6.07, 6.45) is 122. The molecule has 0 bridgehead atoms. The first kappa shape index (κ1) is 112. The molecule has 6 nitrogen and oxygen atoms in total. The number of carbonyl (C=O) groups excluding carboxylic acids is 2. The lowest BCUT2D eigenvalue weighted by molar-refractivity contribution is -0.235. The maximum absolute atomic E-state index is 15.9. The Morgan fingerprint density at radius 2 is 0.364 bits per heavy atom. The molecule has 140 heavy (non-hydrogen) atoms. The van der Waals surface area contributed by atoms with E-state index in [1.54, 1.807) is 0 Å². The summed E-state index contributed by atoms with van der Waals surface area (Å²) in [6.45, 7) is 25.3. The van der Waals surface area contributed by atoms with Gasteiger partial charge in [-0.2, -0.15) is 0 Å². The van der Waals surface area contributed by atoms with Crippen LogP contribution in [0.1, 0.15) is 621 Å². The van der Waals surface area contributed by atoms with Gasteiger partial charge in [0.1, 0.15) is 11.6 Å². The third kappa shape index (κ3) is 30.0. The number of nitrogens with zero attached hydrogens (tertiary/aromatic N) is 4. The van der Waals surface area contributed by atoms with E-state index < -0.39 is 0 Å². The average Bonchev–Trinajstić information content (AvgIpc) is 0.682. The van der Waals surface area contributed by atoms with Gasteiger partial charge in [0.15, 0.2) is 0 Å². The highest BCUT2D eigenvalue weighted by molar-refractivity contribution is 5.84. The zero-order valence-electron chi connectivity index (χ0n) is 95.2. The first-order chi connectivity index (χ1) is 68.7. The summed E-state index contributed by atoms with van der Waals surface area (Å²) in [4.78, 5) is 46.8. The van der Waals surface area contributed by atoms with Crippen LogP contribution in [-0.4, -0.2) is 104 Å². The Hall–Kier alpha value is -0.820. The first-order valence-electron chi connectivity index (χ1n) is 66.9. The van der Waals surface area contributed by atoms with Crippen LogP contribution in [0.15, 0.2) is 0 Å². The Morgan fingerprint density at radius 1 is 0.179 bits per heavy atom. The van der Waals surface area contributed by atoms with E-state index in [0.29, 0.717) is 47.8 Å². The van der Waals surface area contributed by atoms with Crippen molar-refractivity contribution >= 4 is 11.6 Å². The van der Waals surface area contributed by atoms with Crippen molar-refractivity contribution in [2.45, 2.75) is 694 Å². The fourth-order valence-corrected chi connectivity index (χ4v) is 39.0. The molecule has 0 spiro atoms. The van der Waals surface area contributed by atoms with E-state index in [9.17, 15) is 0 Å². The largest absolute Gasteiger partial charge is 0.299 e. The van der Waals surface area contributed by atoms with Gasteiger partial charge in [0.25, 0.3) is 0 Å². The molecular weight excluding hydrogens is 1700 g/mol. The summed E-state index contributed by atoms with van der Waals surface area (Å²) >= 11 is 0. The summed E-state index contributed by atoms with van der Waals surface area (Å²) < 4.78 is 0. The van der Waals surface area contributed by atoms with Crippen LogP contribution in [0.25, 0.3) is 0 Å². The van der Waals surface area contributed by atoms with E-state index in [2.05, 4.69) is 88.8 Å². The lowest BCUT2D eigenvalue weighted by Crippen LogP contribution is -2.75. The number of hydrogen-bond donors (Lipinski definition) is 0. The van der Waals surface area contributed by atoms with Gasteiger partial charge >= 0.3 is 0 Å². The Labute approximate surface area is 871 Å². The van der Waals surface area contributed by atoms with Crippen LogP contribution < -0.4 is 0 Å². The molecule has 6 heteroatoms. The van der Waals surface area contributed by atoms with Crippen molar-refractivity contribution < 1.29 is 9.59 Å². The van der Waals surface area contributed by atoms with Gasteiger partial charge in [-0.1, -0.05) is 288 Å². The number of rotatable bonds is 52. The molecule has 0 aliphatic heterocycles. The molecule has 0 aromatic rings. The third-order valence-electron chi connectivity index (χ3n) is 47.2. The highest BCUT2D eigenvalue weighted by Crippen LogP contribution is 2.70. The van der Waals surface area contributed by atoms with Gasteiger partial charge in [-0.25, -0.2) is 0 Å². The van der Waals surface area contributed by atoms with Gasteiger partial charge < -0.3 is 0 Å². The standard InChI is InChI=1S/C134H238N4O2/c1-11-17-23-27-31-35-41-103-57-85-117(86-58-103)135(113-77-45-97(7)46-78-113)125-95-127(137(115-81-49-99(9)50-82-115)119-89-61-105(62-90-119)43-37-33-29-25-19-13-3)129-122(108-71-75-112(76-72-108)134(140)110-67-55-102(56-68-110)40-22-16-6)94-124-126(136(114-79-47-98(8)48-80-114)118-87-59-104(60-88-118)42-36-32-28-24-18-12-2)96-128(138(116-83-51-100(10)52-84-116)120-91-63-106(64-92-120)44-38-34-30-26-20-14-4)130-121(93-123(125)131(129)132(124)130)107-69-73-111(74-70-107)133(139)109-65-53-101(54-66-109)39-21-15-5/h97-132H,11-96H2,1-10H3. The molecule has 12 unspecified atom stereocenters. The average molecular weight is 1940 g/mol. The van der Waals surface area contributed by atoms with Gasteiger partial charge in [0.2, 0.25) is 0 Å². The molecular formula is C134H238N4O2. The predicted octanol–water partition coefficient (Wildman–Crippen LogP) is 38.5. The zero-order valence-corrected chi connectivity index (χ0v) is 95.2. The van der Waals surface area contributed by atoms with Crippen LogP contribution in [-0.2, 0) is 9.59 Å². The summed E-state index contributed by atoms with van der Waals surface area (Å²) in [5, 5.41) is 0. The van der Waals surface area contributed by atoms with E-state index in [4.69, 9.17) is 0 Å². The quantitative estimate of drug-likeness (QED) is 0.0566. The van der Waals surface area contributed by atoms with E-state index in [0.717, 1.165) is 178 Å². The summed E-state index contributed by atoms with van der Waals surface area (Å²) in [6, 6.07) is 8.52. The summed E-state index contributed by atoms with van der Waals surface area (Å²) in [5.41, 5.74) is 0. The molecule has 16 fully saturated rings. The fourth-order valence-electron chi connectivity index (χ4n) is 39.0. The molecule has 0 aromatic carbocycles. The highest BCUT2D eigenvalue weighted by atomic mass is 16.1. The summed E-state index contributed by atoms with van der Waals surface area (Å²) in [7, 11) is 0. The summed E-state index contributed by atoms with van der Waals surface area (Å²) in [5.74, 6) is 19.2. The SMILES string of the molecule is CCCCCCCCC1CCC(N(C2CCC(C)CC2)C2CC(N(C3CCC(C)CC3)C3CCC(CCCCCCCC)CC3)C3C(C4CCC(C(=O)C5CCC(CCCC)CC5)CC4)CC4C5C3C2CC(C2CCC(C(=O)C3CCC(CCCC)CC3)CC2)C5C(N(C2CCC(C)CC2)C2CCC(CCCCCCCC)CC2)CC4N(C2CCC(C)CC2)C2CCC(CCCCCCCC)CC2)CC1. The maximum atomic E-state index is 15.9. The minimum atomic E-state index is 0.303. The fraction of sp³-hybridized carbons (Fsp3) is 0.985. The molecule has 0 heterocycles. The minimum Gasteiger partial charge on any atom is -0.299 e. The number of ketones is 2. The van der Waals surface area contributed by atoms with Crippen molar-refractivity contribution in [2.75, 3.05) is 0 Å². The van der Waals surface area contributed by atoms with Crippen molar-refractivity contribution in [2.24, 2.45) is 142 Å². The van der Waals surface area contributed by atoms with Gasteiger partial charge in [-0.05, 0) is 452 Å². The lowest BCUT2D eigenvalue weighted by Gasteiger charge is -2.73. The molecule has 0 saturated heterocycles. The van der Waals surface area contributed by atoms with Gasteiger partial charge in [0.05, 0.1) is 0 Å². The molecule has 16 aliphatic carbocycles. The highest BCUT2D eigenvalue weighted by Gasteiger charge is 2.70. The van der Waals surface area contributed by atoms with Crippen LogP contribution in [0.3, 0.4) is 0 Å². The van der Waals surface area contributed by atoms with Crippen LogP contribution >= 0.6 is 0 Å². The second-order valence-corrected chi connectivity index (χ2v) is 56.3. The second kappa shape index (κ2) is 58.3. The van der Waals surface area contributed by atoms with Gasteiger partial charge in [-0.15, -0.1) is 0 Å². The Bertz CT molecular complexity index is 3110. The number of unbranched alkanes of at least 4 members (excludes halogenated alkanes) is 22. The number of Topliss-reactive ketones (excluding diaryl/α,β-unsaturated/α-hetero) is 2. The van der Waals surface area contributed by atoms with Crippen LogP contribution in [0, 0.1) is 142 Å². The molecule has 0 radical (unpaired) electrons. The van der Waals surface area contributed by atoms with Crippen molar-refractivity contribution in [3.63, 3.8) is 0 Å². The van der Waals surface area contributed by atoms with E-state index in [1.807, 2.05) is 0 Å². The topological polar surface area (TPSA) is 47.1 Å². The first-order valence-corrected chi connectivity index (χ1v) is 66.9. The number of carbonyl (C=O) groups is 2. The number of hydrogen-bond acceptors (Lipinski definition) is 6. The Kier molecular flexibility index (Phi) is 46.6. The molecule has 806 valence electrons. The zero-order chi connectivity index (χ0) is 97.1. The lowest BCUT2D eigenvalue weighted by atomic mass is 9.38. The van der Waals surface area contributed by atoms with Crippen molar-refractivity contribution in [3.8, 4) is 0 Å². The third-order valence-corrected chi connectivity index (χ3v) is 47.2.